The predicted octanol–water partition coefficient (Wildman–Crippen LogP) is 4.06. The van der Waals surface area contributed by atoms with Gasteiger partial charge in [-0.05, 0) is 54.0 Å². The second-order valence-corrected chi connectivity index (χ2v) is 6.47. The van der Waals surface area contributed by atoms with E-state index < -0.39 is 17.7 Å². The summed E-state index contributed by atoms with van der Waals surface area (Å²) in [5, 5.41) is 9.10. The molecular weight excluding hydrogens is 373 g/mol. The Bertz CT molecular complexity index is 1190. The Kier molecular flexibility index (Phi) is 4.06. The van der Waals surface area contributed by atoms with E-state index in [0.717, 1.165) is 18.2 Å². The zero-order valence-corrected chi connectivity index (χ0v) is 14.3. The maximum atomic E-state index is 13.0. The van der Waals surface area contributed by atoms with Crippen LogP contribution in [0.5, 0.6) is 0 Å². The number of nitrogens with zero attached hydrogens (tertiary/aromatic N) is 2. The number of aromatic nitrogens is 2. The summed E-state index contributed by atoms with van der Waals surface area (Å²) < 4.78 is 40.4. The Morgan fingerprint density at radius 1 is 1.14 bits per heavy atom. The molecule has 3 aromatic rings. The molecule has 2 aromatic carbocycles. The molecule has 0 aliphatic carbocycles. The molecule has 1 N–H and O–H groups in total. The van der Waals surface area contributed by atoms with Crippen molar-refractivity contribution in [1.29, 1.82) is 0 Å². The number of fused-ring (bicyclic) bond motifs is 2. The summed E-state index contributed by atoms with van der Waals surface area (Å²) in [5.41, 5.74) is 0.336. The number of carboxylic acid groups (broad SMARTS) is 1. The number of carbonyl (C=O) groups is 1. The molecule has 0 radical (unpaired) electrons. The zero-order valence-electron chi connectivity index (χ0n) is 14.3. The van der Waals surface area contributed by atoms with Gasteiger partial charge in [0, 0.05) is 6.54 Å². The van der Waals surface area contributed by atoms with Gasteiger partial charge in [-0.3, -0.25) is 9.36 Å². The minimum atomic E-state index is -4.52. The van der Waals surface area contributed by atoms with Crippen LogP contribution >= 0.6 is 0 Å². The number of hydrogen-bond acceptors (Lipinski definition) is 3. The average Bonchev–Trinajstić information content (AvgIpc) is 3.04. The van der Waals surface area contributed by atoms with Crippen molar-refractivity contribution in [1.82, 2.24) is 9.55 Å². The minimum absolute atomic E-state index is 0.0000927. The van der Waals surface area contributed by atoms with E-state index in [1.54, 1.807) is 18.2 Å². The number of benzene rings is 2. The highest BCUT2D eigenvalue weighted by atomic mass is 19.4. The number of allylic oxidation sites excluding steroid dienone is 1. The van der Waals surface area contributed by atoms with Crippen molar-refractivity contribution in [2.45, 2.75) is 19.1 Å². The van der Waals surface area contributed by atoms with Crippen LogP contribution in [-0.4, -0.2) is 20.6 Å². The molecule has 0 fully saturated rings. The van der Waals surface area contributed by atoms with Gasteiger partial charge < -0.3 is 5.11 Å². The highest BCUT2D eigenvalue weighted by molar-refractivity contribution is 5.89. The van der Waals surface area contributed by atoms with Crippen LogP contribution in [0.2, 0.25) is 0 Å². The fraction of sp³-hybridized carbons (Fsp3) is 0.150. The van der Waals surface area contributed by atoms with Crippen LogP contribution < -0.4 is 5.56 Å². The first kappa shape index (κ1) is 18.0. The van der Waals surface area contributed by atoms with Gasteiger partial charge in [0.05, 0.1) is 22.0 Å². The van der Waals surface area contributed by atoms with Crippen molar-refractivity contribution in [3.05, 3.63) is 75.3 Å². The van der Waals surface area contributed by atoms with Gasteiger partial charge in [0.25, 0.3) is 5.56 Å². The topological polar surface area (TPSA) is 72.2 Å². The lowest BCUT2D eigenvalue weighted by Crippen LogP contribution is -2.21. The second-order valence-electron chi connectivity index (χ2n) is 6.47. The first-order chi connectivity index (χ1) is 13.2. The summed E-state index contributed by atoms with van der Waals surface area (Å²) in [7, 11) is 0. The third-order valence-electron chi connectivity index (χ3n) is 4.67. The smallest absolute Gasteiger partial charge is 0.416 e. The van der Waals surface area contributed by atoms with E-state index in [4.69, 9.17) is 5.11 Å². The first-order valence-electron chi connectivity index (χ1n) is 8.40. The molecule has 1 aromatic heterocycles. The van der Waals surface area contributed by atoms with E-state index in [-0.39, 0.29) is 22.0 Å². The second kappa shape index (κ2) is 6.33. The SMILES string of the molecule is O=C(O)c1ccc(/C=C2\CCn3c2nc2cc(C(F)(F)F)ccc2c3=O)cc1. The maximum absolute atomic E-state index is 13.0. The van der Waals surface area contributed by atoms with E-state index in [0.29, 0.717) is 29.9 Å². The minimum Gasteiger partial charge on any atom is -0.478 e. The number of carboxylic acids is 1. The predicted molar refractivity (Wildman–Crippen MR) is 96.9 cm³/mol. The van der Waals surface area contributed by atoms with Gasteiger partial charge in [-0.1, -0.05) is 12.1 Å². The van der Waals surface area contributed by atoms with Crippen molar-refractivity contribution < 1.29 is 23.1 Å². The van der Waals surface area contributed by atoms with Crippen LogP contribution in [0.4, 0.5) is 13.2 Å². The summed E-state index contributed by atoms with van der Waals surface area (Å²) in [4.78, 5) is 27.9. The maximum Gasteiger partial charge on any atom is 0.416 e. The standard InChI is InChI=1S/C20H13F3N2O3/c21-20(22,23)14-5-6-15-16(10-14)24-17-13(7-8-25(17)18(15)26)9-11-1-3-12(4-2-11)19(27)28/h1-6,9-10H,7-8H2,(H,27,28)/b13-9+. The summed E-state index contributed by atoms with van der Waals surface area (Å²) in [6.07, 6.45) is -2.25. The number of rotatable bonds is 2. The van der Waals surface area contributed by atoms with Crippen LogP contribution in [-0.2, 0) is 12.7 Å². The Hall–Kier alpha value is -3.42. The lowest BCUT2D eigenvalue weighted by molar-refractivity contribution is -0.137. The normalized spacial score (nSPS) is 15.2. The molecule has 2 heterocycles. The molecule has 0 amide bonds. The van der Waals surface area contributed by atoms with E-state index in [2.05, 4.69) is 4.98 Å². The number of halogens is 3. The molecule has 0 bridgehead atoms. The quantitative estimate of drug-likeness (QED) is 0.721. The monoisotopic (exact) mass is 386 g/mol. The molecule has 1 aliphatic rings. The Morgan fingerprint density at radius 2 is 1.86 bits per heavy atom. The molecule has 0 saturated heterocycles. The summed E-state index contributed by atoms with van der Waals surface area (Å²) in [6.45, 7) is 0.386. The van der Waals surface area contributed by atoms with Crippen LogP contribution in [0.15, 0.2) is 47.3 Å². The lowest BCUT2D eigenvalue weighted by atomic mass is 10.1. The highest BCUT2D eigenvalue weighted by Crippen LogP contribution is 2.32. The molecule has 0 spiro atoms. The van der Waals surface area contributed by atoms with E-state index in [1.807, 2.05) is 0 Å². The van der Waals surface area contributed by atoms with Gasteiger partial charge in [-0.15, -0.1) is 0 Å². The van der Waals surface area contributed by atoms with Crippen molar-refractivity contribution in [2.75, 3.05) is 0 Å². The fourth-order valence-electron chi connectivity index (χ4n) is 3.25. The Morgan fingerprint density at radius 3 is 2.50 bits per heavy atom. The Balaban J connectivity index is 1.82. The molecule has 1 aliphatic heterocycles. The van der Waals surface area contributed by atoms with Crippen molar-refractivity contribution in [2.24, 2.45) is 0 Å². The number of alkyl halides is 3. The molecule has 28 heavy (non-hydrogen) atoms. The molecule has 5 nitrogen and oxygen atoms in total. The van der Waals surface area contributed by atoms with Gasteiger partial charge in [-0.2, -0.15) is 13.2 Å². The van der Waals surface area contributed by atoms with Crippen LogP contribution in [0.25, 0.3) is 22.6 Å². The van der Waals surface area contributed by atoms with Crippen molar-refractivity contribution >= 4 is 28.5 Å². The molecular formula is C20H13F3N2O3. The summed E-state index contributed by atoms with van der Waals surface area (Å²) in [5.74, 6) is -0.704. The van der Waals surface area contributed by atoms with Gasteiger partial charge in [-0.25, -0.2) is 9.78 Å². The number of hydrogen-bond donors (Lipinski definition) is 1. The van der Waals surface area contributed by atoms with Gasteiger partial charge in [0.1, 0.15) is 5.82 Å². The van der Waals surface area contributed by atoms with Crippen LogP contribution in [0.3, 0.4) is 0 Å². The lowest BCUT2D eigenvalue weighted by Gasteiger charge is -2.09. The highest BCUT2D eigenvalue weighted by Gasteiger charge is 2.31. The van der Waals surface area contributed by atoms with E-state index in [1.165, 1.54) is 16.7 Å². The van der Waals surface area contributed by atoms with Gasteiger partial charge >= 0.3 is 12.1 Å². The van der Waals surface area contributed by atoms with E-state index in [9.17, 15) is 22.8 Å². The van der Waals surface area contributed by atoms with Gasteiger partial charge in [0.2, 0.25) is 0 Å². The molecule has 4 rings (SSSR count). The molecule has 142 valence electrons. The van der Waals surface area contributed by atoms with Crippen LogP contribution in [0, 0.1) is 0 Å². The van der Waals surface area contributed by atoms with E-state index >= 15 is 0 Å². The summed E-state index contributed by atoms with van der Waals surface area (Å²) >= 11 is 0. The fourth-order valence-corrected chi connectivity index (χ4v) is 3.25. The third kappa shape index (κ3) is 3.06. The largest absolute Gasteiger partial charge is 0.478 e. The first-order valence-corrected chi connectivity index (χ1v) is 8.40. The zero-order chi connectivity index (χ0) is 20.1. The van der Waals surface area contributed by atoms with Crippen molar-refractivity contribution in [3.63, 3.8) is 0 Å². The molecule has 0 saturated carbocycles. The number of aromatic carboxylic acids is 1. The van der Waals surface area contributed by atoms with Crippen LogP contribution in [0.1, 0.15) is 33.7 Å². The molecule has 0 unspecified atom stereocenters. The van der Waals surface area contributed by atoms with Gasteiger partial charge in [0.15, 0.2) is 0 Å². The average molecular weight is 386 g/mol. The third-order valence-corrected chi connectivity index (χ3v) is 4.67. The molecule has 8 heteroatoms. The molecule has 0 atom stereocenters. The Labute approximate surface area is 156 Å². The summed E-state index contributed by atoms with van der Waals surface area (Å²) in [6, 6.07) is 9.09. The van der Waals surface area contributed by atoms with Crippen molar-refractivity contribution in [3.8, 4) is 0 Å².